The third kappa shape index (κ3) is 4.64. The summed E-state index contributed by atoms with van der Waals surface area (Å²) in [7, 11) is 0. The minimum atomic E-state index is -0.200. The van der Waals surface area contributed by atoms with Gasteiger partial charge in [-0.25, -0.2) is 5.01 Å². The largest absolute Gasteiger partial charge is 0.379 e. The van der Waals surface area contributed by atoms with Gasteiger partial charge >= 0.3 is 0 Å². The molecule has 0 spiro atoms. The first-order valence-electron chi connectivity index (χ1n) is 8.70. The zero-order valence-corrected chi connectivity index (χ0v) is 14.5. The molecule has 25 heavy (non-hydrogen) atoms. The number of hydrazone groups is 1. The molecule has 134 valence electrons. The number of benzene rings is 1. The summed E-state index contributed by atoms with van der Waals surface area (Å²) < 4.78 is 5.34. The van der Waals surface area contributed by atoms with Gasteiger partial charge in [0.25, 0.3) is 5.91 Å². The number of para-hydroxylation sites is 1. The fraction of sp³-hybridized carbons (Fsp3) is 0.500. The number of ether oxygens (including phenoxy) is 1. The van der Waals surface area contributed by atoms with E-state index in [2.05, 4.69) is 15.3 Å². The number of amides is 2. The predicted molar refractivity (Wildman–Crippen MR) is 95.5 cm³/mol. The van der Waals surface area contributed by atoms with Crippen LogP contribution in [0.5, 0.6) is 0 Å². The Hall–Kier alpha value is -2.25. The molecule has 0 bridgehead atoms. The third-order valence-electron chi connectivity index (χ3n) is 4.31. The molecule has 1 atom stereocenters. The van der Waals surface area contributed by atoms with Crippen molar-refractivity contribution in [2.24, 2.45) is 5.10 Å². The van der Waals surface area contributed by atoms with Crippen LogP contribution in [0.1, 0.15) is 19.8 Å². The number of morpholine rings is 1. The molecule has 0 aromatic heterocycles. The number of anilines is 1. The molecule has 0 aliphatic carbocycles. The molecule has 1 aromatic rings. The molecule has 1 saturated heterocycles. The van der Waals surface area contributed by atoms with Gasteiger partial charge in [-0.1, -0.05) is 18.2 Å². The molecule has 2 aliphatic heterocycles. The van der Waals surface area contributed by atoms with Crippen molar-refractivity contribution in [3.05, 3.63) is 30.3 Å². The Morgan fingerprint density at radius 2 is 1.96 bits per heavy atom. The van der Waals surface area contributed by atoms with Gasteiger partial charge in [-0.2, -0.15) is 5.10 Å². The number of nitrogens with one attached hydrogen (secondary N) is 1. The van der Waals surface area contributed by atoms with Crippen molar-refractivity contribution in [1.82, 2.24) is 10.2 Å². The van der Waals surface area contributed by atoms with E-state index in [9.17, 15) is 9.59 Å². The molecule has 2 aliphatic rings. The lowest BCUT2D eigenvalue weighted by molar-refractivity contribution is -0.119. The number of rotatable bonds is 5. The standard InChI is InChI=1S/C18H24N4O3/c1-14(13-21-9-11-25-12-10-21)19-18(24)16-7-8-17(23)22(20-16)15-5-3-2-4-6-15/h2-6,14H,7-13H2,1H3,(H,19,24)/t14-/m0/s1. The summed E-state index contributed by atoms with van der Waals surface area (Å²) in [6.07, 6.45) is 0.664. The Bertz CT molecular complexity index is 641. The molecule has 7 nitrogen and oxygen atoms in total. The highest BCUT2D eigenvalue weighted by Crippen LogP contribution is 2.19. The van der Waals surface area contributed by atoms with E-state index in [1.165, 1.54) is 5.01 Å². The summed E-state index contributed by atoms with van der Waals surface area (Å²) >= 11 is 0. The van der Waals surface area contributed by atoms with E-state index in [1.807, 2.05) is 37.3 Å². The van der Waals surface area contributed by atoms with E-state index in [1.54, 1.807) is 0 Å². The van der Waals surface area contributed by atoms with Gasteiger partial charge in [-0.05, 0) is 19.1 Å². The molecule has 0 unspecified atom stereocenters. The number of hydrogen-bond donors (Lipinski definition) is 1. The summed E-state index contributed by atoms with van der Waals surface area (Å²) in [4.78, 5) is 26.9. The number of hydrogen-bond acceptors (Lipinski definition) is 5. The van der Waals surface area contributed by atoms with Gasteiger partial charge in [0.05, 0.1) is 18.9 Å². The van der Waals surface area contributed by atoms with Gasteiger partial charge in [0.15, 0.2) is 0 Å². The molecule has 0 saturated carbocycles. The van der Waals surface area contributed by atoms with Crippen LogP contribution in [0.2, 0.25) is 0 Å². The lowest BCUT2D eigenvalue weighted by Gasteiger charge is -2.29. The maximum Gasteiger partial charge on any atom is 0.267 e. The second-order valence-corrected chi connectivity index (χ2v) is 6.38. The summed E-state index contributed by atoms with van der Waals surface area (Å²) in [5, 5.41) is 8.61. The monoisotopic (exact) mass is 344 g/mol. The van der Waals surface area contributed by atoms with Crippen LogP contribution in [0.25, 0.3) is 0 Å². The highest BCUT2D eigenvalue weighted by molar-refractivity contribution is 6.40. The number of carbonyl (C=O) groups is 2. The normalized spacial score (nSPS) is 20.1. The quantitative estimate of drug-likeness (QED) is 0.865. The van der Waals surface area contributed by atoms with E-state index in [-0.39, 0.29) is 17.9 Å². The summed E-state index contributed by atoms with van der Waals surface area (Å²) in [5.41, 5.74) is 1.08. The van der Waals surface area contributed by atoms with E-state index < -0.39 is 0 Å². The van der Waals surface area contributed by atoms with E-state index in [4.69, 9.17) is 4.74 Å². The van der Waals surface area contributed by atoms with Crippen molar-refractivity contribution >= 4 is 23.2 Å². The van der Waals surface area contributed by atoms with Crippen LogP contribution in [0, 0.1) is 0 Å². The van der Waals surface area contributed by atoms with E-state index in [0.29, 0.717) is 24.2 Å². The van der Waals surface area contributed by atoms with Gasteiger partial charge in [0, 0.05) is 38.5 Å². The minimum absolute atomic E-state index is 0.0103. The van der Waals surface area contributed by atoms with Crippen LogP contribution in [0.15, 0.2) is 35.4 Å². The van der Waals surface area contributed by atoms with Crippen molar-refractivity contribution in [1.29, 1.82) is 0 Å². The molecule has 1 fully saturated rings. The smallest absolute Gasteiger partial charge is 0.267 e. The molecular weight excluding hydrogens is 320 g/mol. The Labute approximate surface area is 147 Å². The average Bonchev–Trinajstić information content (AvgIpc) is 2.63. The van der Waals surface area contributed by atoms with Crippen LogP contribution in [0.3, 0.4) is 0 Å². The summed E-state index contributed by atoms with van der Waals surface area (Å²) in [5.74, 6) is -0.293. The van der Waals surface area contributed by atoms with Crippen LogP contribution in [0.4, 0.5) is 5.69 Å². The second kappa shape index (κ2) is 8.22. The Morgan fingerprint density at radius 1 is 1.24 bits per heavy atom. The van der Waals surface area contributed by atoms with Gasteiger partial charge < -0.3 is 10.1 Å². The minimum Gasteiger partial charge on any atom is -0.379 e. The maximum atomic E-state index is 12.5. The van der Waals surface area contributed by atoms with Crippen molar-refractivity contribution in [3.63, 3.8) is 0 Å². The lowest BCUT2D eigenvalue weighted by atomic mass is 10.1. The van der Waals surface area contributed by atoms with Gasteiger partial charge in [0.1, 0.15) is 5.71 Å². The average molecular weight is 344 g/mol. The van der Waals surface area contributed by atoms with Gasteiger partial charge in [0.2, 0.25) is 5.91 Å². The van der Waals surface area contributed by atoms with Gasteiger partial charge in [-0.15, -0.1) is 0 Å². The molecule has 2 heterocycles. The highest BCUT2D eigenvalue weighted by atomic mass is 16.5. The highest BCUT2D eigenvalue weighted by Gasteiger charge is 2.26. The van der Waals surface area contributed by atoms with Gasteiger partial charge in [-0.3, -0.25) is 14.5 Å². The van der Waals surface area contributed by atoms with Crippen molar-refractivity contribution in [3.8, 4) is 0 Å². The molecule has 0 radical (unpaired) electrons. The third-order valence-corrected chi connectivity index (χ3v) is 4.31. The topological polar surface area (TPSA) is 74.2 Å². The first kappa shape index (κ1) is 17.6. The fourth-order valence-electron chi connectivity index (χ4n) is 3.01. The molecule has 3 rings (SSSR count). The SMILES string of the molecule is C[C@@H](CN1CCOCC1)NC(=O)C1=NN(c2ccccc2)C(=O)CC1. The van der Waals surface area contributed by atoms with Crippen LogP contribution in [-0.4, -0.2) is 61.3 Å². The Kier molecular flexibility index (Phi) is 5.78. The van der Waals surface area contributed by atoms with Crippen LogP contribution >= 0.6 is 0 Å². The Morgan fingerprint density at radius 3 is 2.68 bits per heavy atom. The van der Waals surface area contributed by atoms with E-state index >= 15 is 0 Å². The zero-order valence-electron chi connectivity index (χ0n) is 14.5. The second-order valence-electron chi connectivity index (χ2n) is 6.38. The van der Waals surface area contributed by atoms with Crippen molar-refractivity contribution < 1.29 is 14.3 Å². The van der Waals surface area contributed by atoms with Crippen molar-refractivity contribution in [2.75, 3.05) is 37.9 Å². The lowest BCUT2D eigenvalue weighted by Crippen LogP contribution is -2.48. The molecule has 2 amide bonds. The molecule has 7 heteroatoms. The first-order valence-corrected chi connectivity index (χ1v) is 8.70. The number of carbonyl (C=O) groups excluding carboxylic acids is 2. The summed E-state index contributed by atoms with van der Waals surface area (Å²) in [6.45, 7) is 6.01. The molecule has 1 N–H and O–H groups in total. The zero-order chi connectivity index (χ0) is 17.6. The Balaban J connectivity index is 1.61. The molecule has 1 aromatic carbocycles. The summed E-state index contributed by atoms with van der Waals surface area (Å²) in [6, 6.07) is 9.19. The molecular formula is C18H24N4O3. The number of nitrogens with zero attached hydrogens (tertiary/aromatic N) is 3. The van der Waals surface area contributed by atoms with Crippen molar-refractivity contribution in [2.45, 2.75) is 25.8 Å². The maximum absolute atomic E-state index is 12.5. The van der Waals surface area contributed by atoms with Crippen LogP contribution < -0.4 is 10.3 Å². The predicted octanol–water partition coefficient (Wildman–Crippen LogP) is 1.01. The fourth-order valence-corrected chi connectivity index (χ4v) is 3.01. The van der Waals surface area contributed by atoms with Crippen LogP contribution in [-0.2, 0) is 14.3 Å². The first-order chi connectivity index (χ1) is 12.1. The van der Waals surface area contributed by atoms with E-state index in [0.717, 1.165) is 32.8 Å².